The lowest BCUT2D eigenvalue weighted by Gasteiger charge is -2.12. The zero-order chi connectivity index (χ0) is 22.3. The number of hydrogen-bond donors (Lipinski definition) is 0. The fourth-order valence-electron chi connectivity index (χ4n) is 3.77. The van der Waals surface area contributed by atoms with Crippen LogP contribution in [0.25, 0.3) is 28.5 Å². The molecule has 0 amide bonds. The minimum absolute atomic E-state index is 0.247. The highest BCUT2D eigenvalue weighted by Gasteiger charge is 2.12. The van der Waals surface area contributed by atoms with Gasteiger partial charge in [0.15, 0.2) is 11.5 Å². The molecule has 0 N–H and O–H groups in total. The summed E-state index contributed by atoms with van der Waals surface area (Å²) >= 11 is 0. The van der Waals surface area contributed by atoms with Crippen LogP contribution in [0.1, 0.15) is 25.3 Å². The van der Waals surface area contributed by atoms with Crippen molar-refractivity contribution in [2.75, 3.05) is 13.7 Å². The van der Waals surface area contributed by atoms with Crippen molar-refractivity contribution in [2.45, 2.75) is 26.3 Å². The number of rotatable bonds is 9. The summed E-state index contributed by atoms with van der Waals surface area (Å²) in [5, 5.41) is 0. The molecule has 4 nitrogen and oxygen atoms in total. The molecule has 0 fully saturated rings. The van der Waals surface area contributed by atoms with E-state index in [1.165, 1.54) is 12.1 Å². The second kappa shape index (κ2) is 10.1. The molecule has 0 unspecified atom stereocenters. The SMILES string of the molecule is C/C=C/c1ccc(OCCCCn2c(-c3ccc(F)cc3)nc3ccccc32)c(OC)c1. The third kappa shape index (κ3) is 4.83. The Morgan fingerprint density at radius 1 is 0.969 bits per heavy atom. The van der Waals surface area contributed by atoms with Crippen molar-refractivity contribution < 1.29 is 13.9 Å². The summed E-state index contributed by atoms with van der Waals surface area (Å²) in [7, 11) is 1.66. The van der Waals surface area contributed by atoms with Gasteiger partial charge in [-0.3, -0.25) is 0 Å². The highest BCUT2D eigenvalue weighted by molar-refractivity contribution is 5.80. The molecule has 4 rings (SSSR count). The molecule has 3 aromatic carbocycles. The van der Waals surface area contributed by atoms with Crippen molar-refractivity contribution in [1.29, 1.82) is 0 Å². The van der Waals surface area contributed by atoms with E-state index in [9.17, 15) is 4.39 Å². The second-order valence-corrected chi connectivity index (χ2v) is 7.55. The van der Waals surface area contributed by atoms with Crippen molar-refractivity contribution >= 4 is 17.1 Å². The number of fused-ring (bicyclic) bond motifs is 1. The average molecular weight is 431 g/mol. The first-order valence-corrected chi connectivity index (χ1v) is 10.8. The number of para-hydroxylation sites is 2. The zero-order valence-electron chi connectivity index (χ0n) is 18.4. The molecule has 1 heterocycles. The molecule has 32 heavy (non-hydrogen) atoms. The van der Waals surface area contributed by atoms with Gasteiger partial charge in [-0.05, 0) is 73.9 Å². The third-order valence-corrected chi connectivity index (χ3v) is 5.34. The Morgan fingerprint density at radius 3 is 2.56 bits per heavy atom. The van der Waals surface area contributed by atoms with Crippen LogP contribution in [0.4, 0.5) is 4.39 Å². The van der Waals surface area contributed by atoms with E-state index in [0.29, 0.717) is 6.61 Å². The number of halogens is 1. The minimum Gasteiger partial charge on any atom is -0.493 e. The summed E-state index contributed by atoms with van der Waals surface area (Å²) in [6.07, 6.45) is 5.83. The topological polar surface area (TPSA) is 36.3 Å². The molecule has 0 aliphatic heterocycles. The summed E-state index contributed by atoms with van der Waals surface area (Å²) in [6.45, 7) is 3.38. The number of unbranched alkanes of at least 4 members (excludes halogenated alkanes) is 1. The number of allylic oxidation sites excluding steroid dienone is 1. The van der Waals surface area contributed by atoms with Crippen molar-refractivity contribution in [3.05, 3.63) is 84.2 Å². The van der Waals surface area contributed by atoms with Gasteiger partial charge in [0.25, 0.3) is 0 Å². The van der Waals surface area contributed by atoms with Crippen molar-refractivity contribution in [3.8, 4) is 22.9 Å². The summed E-state index contributed by atoms with van der Waals surface area (Å²) in [4.78, 5) is 4.79. The van der Waals surface area contributed by atoms with E-state index in [4.69, 9.17) is 14.5 Å². The Balaban J connectivity index is 1.43. The van der Waals surface area contributed by atoms with Crippen LogP contribution in [0.3, 0.4) is 0 Å². The molecule has 0 atom stereocenters. The molecule has 0 saturated heterocycles. The van der Waals surface area contributed by atoms with Gasteiger partial charge in [0.05, 0.1) is 24.8 Å². The van der Waals surface area contributed by atoms with Crippen molar-refractivity contribution in [1.82, 2.24) is 9.55 Å². The maximum absolute atomic E-state index is 13.4. The zero-order valence-corrected chi connectivity index (χ0v) is 18.4. The summed E-state index contributed by atoms with van der Waals surface area (Å²) < 4.78 is 27.1. The molecule has 0 radical (unpaired) electrons. The van der Waals surface area contributed by atoms with E-state index in [0.717, 1.165) is 58.9 Å². The van der Waals surface area contributed by atoms with Crippen LogP contribution in [0, 0.1) is 5.82 Å². The molecule has 0 bridgehead atoms. The monoisotopic (exact) mass is 430 g/mol. The molecular formula is C27H27FN2O2. The highest BCUT2D eigenvalue weighted by Crippen LogP contribution is 2.29. The maximum Gasteiger partial charge on any atom is 0.161 e. The molecule has 4 aromatic rings. The number of hydrogen-bond acceptors (Lipinski definition) is 3. The summed E-state index contributed by atoms with van der Waals surface area (Å²) in [5.74, 6) is 2.09. The van der Waals surface area contributed by atoms with E-state index < -0.39 is 0 Å². The predicted molar refractivity (Wildman–Crippen MR) is 128 cm³/mol. The van der Waals surface area contributed by atoms with Gasteiger partial charge in [0.1, 0.15) is 11.6 Å². The largest absolute Gasteiger partial charge is 0.493 e. The molecule has 0 aliphatic carbocycles. The summed E-state index contributed by atoms with van der Waals surface area (Å²) in [5.41, 5.74) is 4.00. The average Bonchev–Trinajstić information content (AvgIpc) is 3.18. The lowest BCUT2D eigenvalue weighted by atomic mass is 10.2. The Bertz CT molecular complexity index is 1210. The second-order valence-electron chi connectivity index (χ2n) is 7.55. The van der Waals surface area contributed by atoms with Gasteiger partial charge in [-0.15, -0.1) is 0 Å². The normalized spacial score (nSPS) is 11.3. The lowest BCUT2D eigenvalue weighted by molar-refractivity contribution is 0.284. The molecule has 0 saturated carbocycles. The van der Waals surface area contributed by atoms with Gasteiger partial charge in [0.2, 0.25) is 0 Å². The van der Waals surface area contributed by atoms with Gasteiger partial charge < -0.3 is 14.0 Å². The van der Waals surface area contributed by atoms with Crippen LogP contribution in [-0.2, 0) is 6.54 Å². The van der Waals surface area contributed by atoms with Crippen LogP contribution in [-0.4, -0.2) is 23.3 Å². The first-order valence-electron chi connectivity index (χ1n) is 10.8. The van der Waals surface area contributed by atoms with Gasteiger partial charge in [-0.1, -0.05) is 30.4 Å². The number of benzene rings is 3. The Kier molecular flexibility index (Phi) is 6.85. The summed E-state index contributed by atoms with van der Waals surface area (Å²) in [6, 6.07) is 20.5. The molecule has 0 spiro atoms. The first-order chi connectivity index (χ1) is 15.7. The van der Waals surface area contributed by atoms with Crippen LogP contribution < -0.4 is 9.47 Å². The number of aromatic nitrogens is 2. The van der Waals surface area contributed by atoms with Gasteiger partial charge in [-0.2, -0.15) is 0 Å². The van der Waals surface area contributed by atoms with Crippen LogP contribution in [0.15, 0.2) is 72.8 Å². The van der Waals surface area contributed by atoms with Crippen molar-refractivity contribution in [2.24, 2.45) is 0 Å². The fourth-order valence-corrected chi connectivity index (χ4v) is 3.77. The van der Waals surface area contributed by atoms with Crippen LogP contribution in [0.5, 0.6) is 11.5 Å². The number of aryl methyl sites for hydroxylation is 1. The Hall–Kier alpha value is -3.60. The smallest absolute Gasteiger partial charge is 0.161 e. The van der Waals surface area contributed by atoms with E-state index in [1.807, 2.05) is 55.5 Å². The fraction of sp³-hybridized carbons (Fsp3) is 0.222. The molecule has 5 heteroatoms. The highest BCUT2D eigenvalue weighted by atomic mass is 19.1. The van der Waals surface area contributed by atoms with E-state index in [1.54, 1.807) is 19.2 Å². The molecule has 0 aliphatic rings. The standard InChI is InChI=1S/C27H27FN2O2/c1-3-8-20-11-16-25(26(19-20)31-2)32-18-7-6-17-30-24-10-5-4-9-23(24)29-27(30)21-12-14-22(28)15-13-21/h3-5,8-16,19H,6-7,17-18H2,1-2H3/b8-3+. The first kappa shape index (κ1) is 21.6. The van der Waals surface area contributed by atoms with E-state index in [2.05, 4.69) is 10.6 Å². The van der Waals surface area contributed by atoms with Gasteiger partial charge in [0, 0.05) is 12.1 Å². The van der Waals surface area contributed by atoms with E-state index in [-0.39, 0.29) is 5.82 Å². The number of methoxy groups -OCH3 is 1. The molecule has 1 aromatic heterocycles. The predicted octanol–water partition coefficient (Wildman–Crippen LogP) is 6.74. The van der Waals surface area contributed by atoms with Gasteiger partial charge >= 0.3 is 0 Å². The quantitative estimate of drug-likeness (QED) is 0.276. The number of ether oxygens (including phenoxy) is 2. The van der Waals surface area contributed by atoms with Crippen LogP contribution in [0.2, 0.25) is 0 Å². The Labute approximate surface area is 187 Å². The minimum atomic E-state index is -0.247. The van der Waals surface area contributed by atoms with Gasteiger partial charge in [-0.25, -0.2) is 9.37 Å². The van der Waals surface area contributed by atoms with Crippen molar-refractivity contribution in [3.63, 3.8) is 0 Å². The molecular weight excluding hydrogens is 403 g/mol. The van der Waals surface area contributed by atoms with E-state index >= 15 is 0 Å². The Morgan fingerprint density at radius 2 is 1.78 bits per heavy atom. The lowest BCUT2D eigenvalue weighted by Crippen LogP contribution is -2.04. The number of imidazole rings is 1. The maximum atomic E-state index is 13.4. The third-order valence-electron chi connectivity index (χ3n) is 5.34. The molecule has 164 valence electrons. The number of nitrogens with zero attached hydrogens (tertiary/aromatic N) is 2. The van der Waals surface area contributed by atoms with Crippen LogP contribution >= 0.6 is 0 Å².